The summed E-state index contributed by atoms with van der Waals surface area (Å²) in [5, 5.41) is 9.63. The van der Waals surface area contributed by atoms with Crippen molar-refractivity contribution in [2.75, 3.05) is 6.61 Å². The first-order chi connectivity index (χ1) is 7.63. The van der Waals surface area contributed by atoms with Crippen LogP contribution in [0, 0.1) is 5.92 Å². The first-order valence-electron chi connectivity index (χ1n) is 6.03. The molecule has 0 saturated carbocycles. The van der Waals surface area contributed by atoms with Crippen LogP contribution in [0.1, 0.15) is 32.8 Å². The third-order valence-electron chi connectivity index (χ3n) is 2.76. The summed E-state index contributed by atoms with van der Waals surface area (Å²) < 4.78 is 5.61. The first-order valence-corrected chi connectivity index (χ1v) is 6.03. The average molecular weight is 222 g/mol. The Balaban J connectivity index is 2.37. The van der Waals surface area contributed by atoms with E-state index >= 15 is 0 Å². The van der Waals surface area contributed by atoms with Gasteiger partial charge in [0.05, 0.1) is 12.7 Å². The van der Waals surface area contributed by atoms with Gasteiger partial charge in [-0.2, -0.15) is 0 Å². The second-order valence-electron chi connectivity index (χ2n) is 4.45. The summed E-state index contributed by atoms with van der Waals surface area (Å²) in [5.41, 5.74) is 1.28. The quantitative estimate of drug-likeness (QED) is 0.801. The van der Waals surface area contributed by atoms with Gasteiger partial charge in [0.25, 0.3) is 0 Å². The summed E-state index contributed by atoms with van der Waals surface area (Å²) in [7, 11) is 0. The third-order valence-corrected chi connectivity index (χ3v) is 2.76. The zero-order valence-corrected chi connectivity index (χ0v) is 10.4. The van der Waals surface area contributed by atoms with Crippen molar-refractivity contribution in [1.82, 2.24) is 0 Å². The number of aryl methyl sites for hydroxylation is 1. The fourth-order valence-corrected chi connectivity index (χ4v) is 1.49. The summed E-state index contributed by atoms with van der Waals surface area (Å²) in [5.74, 6) is 1.20. The summed E-state index contributed by atoms with van der Waals surface area (Å²) in [6.07, 6.45) is 1.44. The van der Waals surface area contributed by atoms with E-state index in [-0.39, 0.29) is 6.10 Å². The number of aliphatic hydroxyl groups is 1. The highest BCUT2D eigenvalue weighted by Gasteiger charge is 2.08. The summed E-state index contributed by atoms with van der Waals surface area (Å²) in [6.45, 7) is 6.74. The smallest absolute Gasteiger partial charge is 0.119 e. The Hall–Kier alpha value is -1.02. The zero-order valence-electron chi connectivity index (χ0n) is 10.4. The second-order valence-corrected chi connectivity index (χ2v) is 4.45. The van der Waals surface area contributed by atoms with Gasteiger partial charge >= 0.3 is 0 Å². The van der Waals surface area contributed by atoms with Gasteiger partial charge in [-0.05, 0) is 30.0 Å². The predicted molar refractivity (Wildman–Crippen MR) is 66.8 cm³/mol. The highest BCUT2D eigenvalue weighted by Crippen LogP contribution is 2.14. The SMILES string of the molecule is CCc1cccc(OCCC(O)C(C)C)c1. The van der Waals surface area contributed by atoms with E-state index in [1.165, 1.54) is 5.56 Å². The first kappa shape index (κ1) is 13.0. The van der Waals surface area contributed by atoms with E-state index in [1.54, 1.807) is 0 Å². The van der Waals surface area contributed by atoms with Crippen LogP contribution in [0.5, 0.6) is 5.75 Å². The number of benzene rings is 1. The Morgan fingerprint density at radius 1 is 1.31 bits per heavy atom. The molecule has 90 valence electrons. The van der Waals surface area contributed by atoms with Crippen LogP contribution in [0.25, 0.3) is 0 Å². The van der Waals surface area contributed by atoms with E-state index in [4.69, 9.17) is 4.74 Å². The Bertz CT molecular complexity index is 307. The van der Waals surface area contributed by atoms with Crippen molar-refractivity contribution >= 4 is 0 Å². The molecule has 0 radical (unpaired) electrons. The Labute approximate surface area is 98.3 Å². The summed E-state index contributed by atoms with van der Waals surface area (Å²) >= 11 is 0. The van der Waals surface area contributed by atoms with Crippen molar-refractivity contribution in [3.63, 3.8) is 0 Å². The van der Waals surface area contributed by atoms with Crippen LogP contribution < -0.4 is 4.74 Å². The van der Waals surface area contributed by atoms with Crippen molar-refractivity contribution in [1.29, 1.82) is 0 Å². The molecule has 2 heteroatoms. The van der Waals surface area contributed by atoms with Gasteiger partial charge in [-0.15, -0.1) is 0 Å². The van der Waals surface area contributed by atoms with Gasteiger partial charge in [-0.3, -0.25) is 0 Å². The predicted octanol–water partition coefficient (Wildman–Crippen LogP) is 3.03. The van der Waals surface area contributed by atoms with Crippen LogP contribution >= 0.6 is 0 Å². The second kappa shape index (κ2) is 6.54. The number of hydrogen-bond donors (Lipinski definition) is 1. The number of hydrogen-bond acceptors (Lipinski definition) is 2. The lowest BCUT2D eigenvalue weighted by Crippen LogP contribution is -2.17. The molecule has 1 atom stereocenters. The van der Waals surface area contributed by atoms with Crippen LogP contribution in [-0.4, -0.2) is 17.8 Å². The molecule has 0 spiro atoms. The average Bonchev–Trinajstić information content (AvgIpc) is 2.29. The van der Waals surface area contributed by atoms with E-state index in [1.807, 2.05) is 26.0 Å². The van der Waals surface area contributed by atoms with Crippen LogP contribution in [0.3, 0.4) is 0 Å². The molecular weight excluding hydrogens is 200 g/mol. The lowest BCUT2D eigenvalue weighted by atomic mass is 10.1. The molecule has 0 heterocycles. The van der Waals surface area contributed by atoms with E-state index in [0.29, 0.717) is 18.9 Å². The maximum absolute atomic E-state index is 9.63. The standard InChI is InChI=1S/C14H22O2/c1-4-12-6-5-7-13(10-12)16-9-8-14(15)11(2)3/h5-7,10-11,14-15H,4,8-9H2,1-3H3. The molecule has 0 fully saturated rings. The van der Waals surface area contributed by atoms with E-state index in [9.17, 15) is 5.11 Å². The molecule has 1 rings (SSSR count). The van der Waals surface area contributed by atoms with Crippen molar-refractivity contribution in [2.45, 2.75) is 39.7 Å². The van der Waals surface area contributed by atoms with Crippen LogP contribution in [0.15, 0.2) is 24.3 Å². The van der Waals surface area contributed by atoms with Gasteiger partial charge in [0.1, 0.15) is 5.75 Å². The number of ether oxygens (including phenoxy) is 1. The molecule has 2 nitrogen and oxygen atoms in total. The lowest BCUT2D eigenvalue weighted by Gasteiger charge is -2.14. The van der Waals surface area contributed by atoms with Crippen molar-refractivity contribution in [3.8, 4) is 5.75 Å². The Morgan fingerprint density at radius 2 is 2.06 bits per heavy atom. The molecule has 0 bridgehead atoms. The highest BCUT2D eigenvalue weighted by molar-refractivity contribution is 5.28. The molecular formula is C14H22O2. The van der Waals surface area contributed by atoms with Crippen molar-refractivity contribution in [2.24, 2.45) is 5.92 Å². The van der Waals surface area contributed by atoms with Gasteiger partial charge in [0.15, 0.2) is 0 Å². The molecule has 0 aliphatic carbocycles. The minimum Gasteiger partial charge on any atom is -0.493 e. The van der Waals surface area contributed by atoms with Gasteiger partial charge < -0.3 is 9.84 Å². The molecule has 1 aromatic carbocycles. The normalized spacial score (nSPS) is 12.8. The molecule has 0 saturated heterocycles. The van der Waals surface area contributed by atoms with Crippen LogP contribution in [-0.2, 0) is 6.42 Å². The van der Waals surface area contributed by atoms with Crippen LogP contribution in [0.2, 0.25) is 0 Å². The molecule has 1 unspecified atom stereocenters. The van der Waals surface area contributed by atoms with E-state index in [0.717, 1.165) is 12.2 Å². The Morgan fingerprint density at radius 3 is 2.69 bits per heavy atom. The molecule has 0 aromatic heterocycles. The molecule has 16 heavy (non-hydrogen) atoms. The fraction of sp³-hybridized carbons (Fsp3) is 0.571. The minimum absolute atomic E-state index is 0.269. The largest absolute Gasteiger partial charge is 0.493 e. The number of rotatable bonds is 6. The van der Waals surface area contributed by atoms with Crippen molar-refractivity contribution in [3.05, 3.63) is 29.8 Å². The summed E-state index contributed by atoms with van der Waals surface area (Å²) in [4.78, 5) is 0. The van der Waals surface area contributed by atoms with Gasteiger partial charge in [0, 0.05) is 6.42 Å². The number of aliphatic hydroxyl groups excluding tert-OH is 1. The van der Waals surface area contributed by atoms with E-state index < -0.39 is 0 Å². The van der Waals surface area contributed by atoms with Gasteiger partial charge in [-0.25, -0.2) is 0 Å². The fourth-order valence-electron chi connectivity index (χ4n) is 1.49. The molecule has 0 aliphatic heterocycles. The van der Waals surface area contributed by atoms with Crippen LogP contribution in [0.4, 0.5) is 0 Å². The molecule has 0 aliphatic rings. The van der Waals surface area contributed by atoms with Gasteiger partial charge in [-0.1, -0.05) is 32.9 Å². The Kier molecular flexibility index (Phi) is 5.33. The van der Waals surface area contributed by atoms with Crippen molar-refractivity contribution < 1.29 is 9.84 Å². The third kappa shape index (κ3) is 4.23. The molecule has 0 amide bonds. The monoisotopic (exact) mass is 222 g/mol. The lowest BCUT2D eigenvalue weighted by molar-refractivity contribution is 0.0976. The maximum Gasteiger partial charge on any atom is 0.119 e. The topological polar surface area (TPSA) is 29.5 Å². The maximum atomic E-state index is 9.63. The van der Waals surface area contributed by atoms with E-state index in [2.05, 4.69) is 19.1 Å². The molecule has 1 N–H and O–H groups in total. The van der Waals surface area contributed by atoms with Gasteiger partial charge in [0.2, 0.25) is 0 Å². The zero-order chi connectivity index (χ0) is 12.0. The highest BCUT2D eigenvalue weighted by atomic mass is 16.5. The minimum atomic E-state index is -0.269. The summed E-state index contributed by atoms with van der Waals surface area (Å²) in [6, 6.07) is 8.12. The molecule has 1 aromatic rings.